The number of hydrogen-bond acceptors (Lipinski definition) is 3. The number of nitrogens with two attached hydrogens (primary N) is 1. The first-order chi connectivity index (χ1) is 7.16. The van der Waals surface area contributed by atoms with Crippen molar-refractivity contribution in [1.82, 2.24) is 0 Å². The Balaban J connectivity index is 2.31. The highest BCUT2D eigenvalue weighted by Crippen LogP contribution is 2.32. The summed E-state index contributed by atoms with van der Waals surface area (Å²) < 4.78 is 14.0. The third kappa shape index (κ3) is 2.22. The number of hydrogen-bond donors (Lipinski definition) is 2. The van der Waals surface area contributed by atoms with Crippen LogP contribution in [0.5, 0.6) is 0 Å². The van der Waals surface area contributed by atoms with E-state index in [1.165, 1.54) is 17.4 Å². The van der Waals surface area contributed by atoms with Crippen LogP contribution in [0, 0.1) is 5.82 Å². The largest absolute Gasteiger partial charge is 0.397 e. The molecule has 0 bridgehead atoms. The summed E-state index contributed by atoms with van der Waals surface area (Å²) in [5.74, 6) is -0.375. The second kappa shape index (κ2) is 4.08. The Labute approximate surface area is 95.5 Å². The lowest BCUT2D eigenvalue weighted by Gasteiger charge is -2.07. The molecule has 0 atom stereocenters. The van der Waals surface area contributed by atoms with Crippen molar-refractivity contribution in [2.75, 3.05) is 11.1 Å². The van der Waals surface area contributed by atoms with E-state index in [4.69, 9.17) is 17.3 Å². The third-order valence-electron chi connectivity index (χ3n) is 1.87. The highest BCUT2D eigenvalue weighted by Gasteiger charge is 2.07. The summed E-state index contributed by atoms with van der Waals surface area (Å²) in [4.78, 5) is 0. The van der Waals surface area contributed by atoms with Crippen molar-refractivity contribution in [1.29, 1.82) is 0 Å². The van der Waals surface area contributed by atoms with Crippen molar-refractivity contribution in [2.45, 2.75) is 0 Å². The van der Waals surface area contributed by atoms with Crippen molar-refractivity contribution in [2.24, 2.45) is 0 Å². The summed E-state index contributed by atoms with van der Waals surface area (Å²) in [5.41, 5.74) is 6.31. The van der Waals surface area contributed by atoms with Gasteiger partial charge >= 0.3 is 0 Å². The molecule has 3 N–H and O–H groups in total. The minimum absolute atomic E-state index is 0.288. The van der Waals surface area contributed by atoms with Gasteiger partial charge in [-0.3, -0.25) is 0 Å². The standard InChI is InChI=1S/C10H8ClFN2S/c11-8-4-5-9(15-8)14-10-6(12)2-1-3-7(10)13/h1-5,14H,13H2. The van der Waals surface area contributed by atoms with Gasteiger partial charge in [0.2, 0.25) is 0 Å². The molecule has 2 nitrogen and oxygen atoms in total. The lowest BCUT2D eigenvalue weighted by atomic mass is 10.2. The third-order valence-corrected chi connectivity index (χ3v) is 3.01. The van der Waals surface area contributed by atoms with Gasteiger partial charge < -0.3 is 11.1 Å². The number of halogens is 2. The lowest BCUT2D eigenvalue weighted by Crippen LogP contribution is -1.97. The molecule has 0 saturated carbocycles. The first-order valence-corrected chi connectivity index (χ1v) is 5.42. The Bertz CT molecular complexity index is 464. The topological polar surface area (TPSA) is 38.0 Å². The average Bonchev–Trinajstić information content (AvgIpc) is 2.58. The molecule has 0 spiro atoms. The Hall–Kier alpha value is -1.26. The molecule has 0 saturated heterocycles. The molecule has 15 heavy (non-hydrogen) atoms. The number of rotatable bonds is 2. The predicted molar refractivity (Wildman–Crippen MR) is 63.4 cm³/mol. The van der Waals surface area contributed by atoms with Crippen LogP contribution in [0.3, 0.4) is 0 Å². The molecular weight excluding hydrogens is 235 g/mol. The Kier molecular flexibility index (Phi) is 2.79. The fraction of sp³-hybridized carbons (Fsp3) is 0. The van der Waals surface area contributed by atoms with Crippen molar-refractivity contribution in [3.05, 3.63) is 40.5 Å². The second-order valence-electron chi connectivity index (χ2n) is 2.93. The van der Waals surface area contributed by atoms with Crippen molar-refractivity contribution in [3.8, 4) is 0 Å². The maximum atomic E-state index is 13.4. The molecule has 2 aromatic rings. The maximum Gasteiger partial charge on any atom is 0.148 e. The van der Waals surface area contributed by atoms with Crippen LogP contribution in [-0.2, 0) is 0 Å². The predicted octanol–water partition coefficient (Wildman–Crippen LogP) is 3.87. The van der Waals surface area contributed by atoms with Gasteiger partial charge in [0.15, 0.2) is 0 Å². The van der Waals surface area contributed by atoms with E-state index in [0.717, 1.165) is 5.00 Å². The number of para-hydroxylation sites is 1. The van der Waals surface area contributed by atoms with E-state index >= 15 is 0 Å². The van der Waals surface area contributed by atoms with Gasteiger partial charge in [-0.25, -0.2) is 4.39 Å². The molecule has 0 aliphatic rings. The molecule has 1 heterocycles. The van der Waals surface area contributed by atoms with Crippen LogP contribution in [-0.4, -0.2) is 0 Å². The molecular formula is C10H8ClFN2S. The monoisotopic (exact) mass is 242 g/mol. The molecule has 5 heteroatoms. The SMILES string of the molecule is Nc1cccc(F)c1Nc1ccc(Cl)s1. The van der Waals surface area contributed by atoms with E-state index in [9.17, 15) is 4.39 Å². The van der Waals surface area contributed by atoms with E-state index in [2.05, 4.69) is 5.32 Å². The van der Waals surface area contributed by atoms with Gasteiger partial charge in [-0.1, -0.05) is 17.7 Å². The summed E-state index contributed by atoms with van der Waals surface area (Å²) in [7, 11) is 0. The maximum absolute atomic E-state index is 13.4. The zero-order chi connectivity index (χ0) is 10.8. The molecule has 2 rings (SSSR count). The van der Waals surface area contributed by atoms with Crippen LogP contribution in [0.1, 0.15) is 0 Å². The van der Waals surface area contributed by atoms with Crippen LogP contribution in [0.4, 0.5) is 20.8 Å². The minimum Gasteiger partial charge on any atom is -0.397 e. The zero-order valence-corrected chi connectivity index (χ0v) is 9.20. The lowest BCUT2D eigenvalue weighted by molar-refractivity contribution is 0.632. The minimum atomic E-state index is -0.375. The normalized spacial score (nSPS) is 10.3. The quantitative estimate of drug-likeness (QED) is 0.785. The number of anilines is 3. The van der Waals surface area contributed by atoms with Crippen molar-refractivity contribution >= 4 is 39.3 Å². The Morgan fingerprint density at radius 3 is 2.67 bits per heavy atom. The van der Waals surface area contributed by atoms with Gasteiger partial charge in [-0.05, 0) is 24.3 Å². The first kappa shape index (κ1) is 10.3. The van der Waals surface area contributed by atoms with Crippen LogP contribution in [0.2, 0.25) is 4.34 Å². The Morgan fingerprint density at radius 2 is 2.07 bits per heavy atom. The van der Waals surface area contributed by atoms with Gasteiger partial charge in [0.05, 0.1) is 20.7 Å². The number of thiophene rings is 1. The molecule has 0 fully saturated rings. The first-order valence-electron chi connectivity index (χ1n) is 4.23. The van der Waals surface area contributed by atoms with E-state index in [1.54, 1.807) is 24.3 Å². The van der Waals surface area contributed by atoms with Crippen LogP contribution in [0.15, 0.2) is 30.3 Å². The Morgan fingerprint density at radius 1 is 1.27 bits per heavy atom. The molecule has 78 valence electrons. The van der Waals surface area contributed by atoms with Crippen molar-refractivity contribution in [3.63, 3.8) is 0 Å². The molecule has 0 radical (unpaired) electrons. The van der Waals surface area contributed by atoms with E-state index in [1.807, 2.05) is 0 Å². The highest BCUT2D eigenvalue weighted by molar-refractivity contribution is 7.19. The van der Waals surface area contributed by atoms with Gasteiger partial charge in [0.1, 0.15) is 5.82 Å². The van der Waals surface area contributed by atoms with Gasteiger partial charge in [0, 0.05) is 0 Å². The molecule has 0 amide bonds. The average molecular weight is 243 g/mol. The number of nitrogen functional groups attached to an aromatic ring is 1. The van der Waals surface area contributed by atoms with E-state index < -0.39 is 0 Å². The van der Waals surface area contributed by atoms with Gasteiger partial charge in [-0.2, -0.15) is 0 Å². The van der Waals surface area contributed by atoms with Gasteiger partial charge in [-0.15, -0.1) is 11.3 Å². The summed E-state index contributed by atoms with van der Waals surface area (Å²) >= 11 is 7.09. The van der Waals surface area contributed by atoms with Crippen LogP contribution >= 0.6 is 22.9 Å². The molecule has 1 aromatic carbocycles. The van der Waals surface area contributed by atoms with Gasteiger partial charge in [0.25, 0.3) is 0 Å². The summed E-state index contributed by atoms with van der Waals surface area (Å²) in [5, 5.41) is 3.66. The smallest absolute Gasteiger partial charge is 0.148 e. The molecule has 1 aromatic heterocycles. The molecule has 0 aliphatic carbocycles. The van der Waals surface area contributed by atoms with Crippen molar-refractivity contribution < 1.29 is 4.39 Å². The van der Waals surface area contributed by atoms with Crippen LogP contribution < -0.4 is 11.1 Å². The summed E-state index contributed by atoms with van der Waals surface area (Å²) in [6.07, 6.45) is 0. The zero-order valence-electron chi connectivity index (χ0n) is 7.63. The molecule has 0 aliphatic heterocycles. The number of nitrogens with one attached hydrogen (secondary N) is 1. The van der Waals surface area contributed by atoms with E-state index in [0.29, 0.717) is 10.0 Å². The van der Waals surface area contributed by atoms with Crippen LogP contribution in [0.25, 0.3) is 0 Å². The number of benzene rings is 1. The summed E-state index contributed by atoms with van der Waals surface area (Å²) in [6, 6.07) is 8.08. The summed E-state index contributed by atoms with van der Waals surface area (Å²) in [6.45, 7) is 0. The second-order valence-corrected chi connectivity index (χ2v) is 4.65. The fourth-order valence-corrected chi connectivity index (χ4v) is 2.13. The highest BCUT2D eigenvalue weighted by atomic mass is 35.5. The fourth-order valence-electron chi connectivity index (χ4n) is 1.18. The van der Waals surface area contributed by atoms with E-state index in [-0.39, 0.29) is 11.5 Å². The molecule has 0 unspecified atom stereocenters.